The van der Waals surface area contributed by atoms with Gasteiger partial charge in [-0.15, -0.1) is 0 Å². The van der Waals surface area contributed by atoms with Crippen LogP contribution in [0.3, 0.4) is 0 Å². The number of halogens is 1. The van der Waals surface area contributed by atoms with Gasteiger partial charge in [-0.25, -0.2) is 14.4 Å². The van der Waals surface area contributed by atoms with Crippen molar-refractivity contribution in [2.45, 2.75) is 12.8 Å². The molecular formula is C25H29FN4O3. The van der Waals surface area contributed by atoms with Gasteiger partial charge >= 0.3 is 0 Å². The Hall–Kier alpha value is -2.97. The largest absolute Gasteiger partial charge is 0.493 e. The summed E-state index contributed by atoms with van der Waals surface area (Å²) in [7, 11) is 1.63. The number of hydrogen-bond acceptors (Lipinski definition) is 7. The summed E-state index contributed by atoms with van der Waals surface area (Å²) in [6.45, 7) is 5.71. The van der Waals surface area contributed by atoms with Crippen molar-refractivity contribution in [1.29, 1.82) is 0 Å². The molecule has 8 heteroatoms. The highest BCUT2D eigenvalue weighted by molar-refractivity contribution is 5.93. The minimum absolute atomic E-state index is 0.283. The van der Waals surface area contributed by atoms with Crippen LogP contribution in [0.5, 0.6) is 11.5 Å². The van der Waals surface area contributed by atoms with Gasteiger partial charge in [0.25, 0.3) is 0 Å². The first-order valence-corrected chi connectivity index (χ1v) is 11.5. The normalized spacial score (nSPS) is 20.5. The van der Waals surface area contributed by atoms with Crippen LogP contribution in [0.2, 0.25) is 0 Å². The van der Waals surface area contributed by atoms with E-state index in [4.69, 9.17) is 14.2 Å². The van der Waals surface area contributed by atoms with Crippen LogP contribution in [0, 0.1) is 17.7 Å². The zero-order chi connectivity index (χ0) is 22.6. The Balaban J connectivity index is 1.25. The lowest BCUT2D eigenvalue weighted by Crippen LogP contribution is -2.40. The van der Waals surface area contributed by atoms with Crippen LogP contribution in [0.15, 0.2) is 42.7 Å². The van der Waals surface area contributed by atoms with Crippen LogP contribution in [0.4, 0.5) is 15.9 Å². The monoisotopic (exact) mass is 452 g/mol. The molecule has 0 aliphatic carbocycles. The molecule has 1 N–H and O–H groups in total. The van der Waals surface area contributed by atoms with Crippen LogP contribution in [-0.4, -0.2) is 61.4 Å². The molecule has 2 aliphatic rings. The molecule has 0 saturated carbocycles. The van der Waals surface area contributed by atoms with E-state index in [0.717, 1.165) is 61.8 Å². The lowest BCUT2D eigenvalue weighted by molar-refractivity contribution is 0.138. The topological polar surface area (TPSA) is 68.7 Å². The Kier molecular flexibility index (Phi) is 6.55. The summed E-state index contributed by atoms with van der Waals surface area (Å²) in [6.07, 6.45) is 3.66. The number of nitrogens with one attached hydrogen (secondary N) is 1. The Morgan fingerprint density at radius 2 is 1.97 bits per heavy atom. The molecule has 2 fully saturated rings. The number of rotatable bonds is 8. The van der Waals surface area contributed by atoms with E-state index in [1.807, 2.05) is 12.1 Å². The second kappa shape index (κ2) is 9.89. The van der Waals surface area contributed by atoms with E-state index < -0.39 is 0 Å². The molecule has 2 saturated heterocycles. The molecule has 5 rings (SSSR count). The van der Waals surface area contributed by atoms with Crippen LogP contribution in [0.1, 0.15) is 12.8 Å². The number of aromatic nitrogens is 2. The predicted octanol–water partition coefficient (Wildman–Crippen LogP) is 4.26. The van der Waals surface area contributed by atoms with E-state index in [9.17, 15) is 4.39 Å². The van der Waals surface area contributed by atoms with Crippen molar-refractivity contribution >= 4 is 22.4 Å². The van der Waals surface area contributed by atoms with Gasteiger partial charge in [0.15, 0.2) is 11.5 Å². The van der Waals surface area contributed by atoms with Crippen LogP contribution >= 0.6 is 0 Å². The van der Waals surface area contributed by atoms with E-state index in [1.165, 1.54) is 24.9 Å². The van der Waals surface area contributed by atoms with Crippen molar-refractivity contribution in [2.24, 2.45) is 11.8 Å². The number of benzene rings is 2. The first-order chi connectivity index (χ1) is 16.2. The molecule has 33 heavy (non-hydrogen) atoms. The van der Waals surface area contributed by atoms with E-state index in [2.05, 4.69) is 20.2 Å². The molecule has 2 unspecified atom stereocenters. The van der Waals surface area contributed by atoms with E-state index in [1.54, 1.807) is 19.2 Å². The fourth-order valence-corrected chi connectivity index (χ4v) is 4.71. The molecular weight excluding hydrogens is 423 g/mol. The first kappa shape index (κ1) is 21.9. The van der Waals surface area contributed by atoms with Crippen molar-refractivity contribution in [3.63, 3.8) is 0 Å². The van der Waals surface area contributed by atoms with Gasteiger partial charge in [-0.2, -0.15) is 0 Å². The van der Waals surface area contributed by atoms with Gasteiger partial charge in [0.05, 0.1) is 25.8 Å². The van der Waals surface area contributed by atoms with Crippen LogP contribution < -0.4 is 14.8 Å². The number of methoxy groups -OCH3 is 1. The smallest absolute Gasteiger partial charge is 0.162 e. The molecule has 174 valence electrons. The summed E-state index contributed by atoms with van der Waals surface area (Å²) >= 11 is 0. The maximum absolute atomic E-state index is 13.2. The molecule has 2 aromatic carbocycles. The summed E-state index contributed by atoms with van der Waals surface area (Å²) in [5.41, 5.74) is 1.48. The zero-order valence-electron chi connectivity index (χ0n) is 18.8. The Morgan fingerprint density at radius 3 is 2.82 bits per heavy atom. The second-order valence-corrected chi connectivity index (χ2v) is 8.72. The summed E-state index contributed by atoms with van der Waals surface area (Å²) < 4.78 is 30.6. The summed E-state index contributed by atoms with van der Waals surface area (Å²) in [4.78, 5) is 11.3. The third kappa shape index (κ3) is 5.02. The molecule has 1 aromatic heterocycles. The lowest BCUT2D eigenvalue weighted by Gasteiger charge is -2.33. The van der Waals surface area contributed by atoms with Crippen molar-refractivity contribution < 1.29 is 18.6 Å². The van der Waals surface area contributed by atoms with Gasteiger partial charge in [0.1, 0.15) is 18.0 Å². The van der Waals surface area contributed by atoms with Gasteiger partial charge in [-0.3, -0.25) is 0 Å². The zero-order valence-corrected chi connectivity index (χ0v) is 18.8. The molecule has 0 bridgehead atoms. The highest BCUT2D eigenvalue weighted by Gasteiger charge is 2.33. The van der Waals surface area contributed by atoms with E-state index >= 15 is 0 Å². The van der Waals surface area contributed by atoms with Gasteiger partial charge in [-0.05, 0) is 55.6 Å². The predicted molar refractivity (Wildman–Crippen MR) is 125 cm³/mol. The average Bonchev–Trinajstić information content (AvgIpc) is 3.31. The number of piperidine rings is 1. The maximum Gasteiger partial charge on any atom is 0.162 e. The fraction of sp³-hybridized carbons (Fsp3) is 0.440. The Bertz CT molecular complexity index is 1090. The van der Waals surface area contributed by atoms with Crippen molar-refractivity contribution in [3.05, 3.63) is 48.5 Å². The number of likely N-dealkylation sites (tertiary alicyclic amines) is 1. The standard InChI is InChI=1S/C25H29FN4O3/c1-31-23-12-22-21(25(28-16-27-22)29-20-5-3-19(26)4-6-20)11-24(23)33-10-2-8-30-9-7-17-14-32-15-18(17)13-30/h3-6,11-12,16-18H,2,7-10,13-15H2,1H3,(H,27,28,29). The lowest BCUT2D eigenvalue weighted by atomic mass is 9.89. The number of nitrogens with zero attached hydrogens (tertiary/aromatic N) is 3. The third-order valence-corrected chi connectivity index (χ3v) is 6.54. The summed E-state index contributed by atoms with van der Waals surface area (Å²) in [6, 6.07) is 9.92. The maximum atomic E-state index is 13.2. The molecule has 2 aliphatic heterocycles. The Morgan fingerprint density at radius 1 is 1.12 bits per heavy atom. The third-order valence-electron chi connectivity index (χ3n) is 6.54. The van der Waals surface area contributed by atoms with Gasteiger partial charge in [0.2, 0.25) is 0 Å². The number of hydrogen-bond donors (Lipinski definition) is 1. The SMILES string of the molecule is COc1cc2ncnc(Nc3ccc(F)cc3)c2cc1OCCCN1CCC2COCC2C1. The molecule has 3 aromatic rings. The minimum atomic E-state index is -0.283. The van der Waals surface area contributed by atoms with Gasteiger partial charge in [0, 0.05) is 42.8 Å². The second-order valence-electron chi connectivity index (χ2n) is 8.72. The highest BCUT2D eigenvalue weighted by Crippen LogP contribution is 2.35. The van der Waals surface area contributed by atoms with Crippen molar-refractivity contribution in [1.82, 2.24) is 14.9 Å². The highest BCUT2D eigenvalue weighted by atomic mass is 19.1. The summed E-state index contributed by atoms with van der Waals surface area (Å²) in [5, 5.41) is 4.04. The molecule has 0 radical (unpaired) electrons. The van der Waals surface area contributed by atoms with Crippen LogP contribution in [0.25, 0.3) is 10.9 Å². The molecule has 3 heterocycles. The first-order valence-electron chi connectivity index (χ1n) is 11.5. The molecule has 7 nitrogen and oxygen atoms in total. The fourth-order valence-electron chi connectivity index (χ4n) is 4.71. The molecule has 0 amide bonds. The number of ether oxygens (including phenoxy) is 3. The van der Waals surface area contributed by atoms with Gasteiger partial charge < -0.3 is 24.4 Å². The van der Waals surface area contributed by atoms with Crippen molar-refractivity contribution in [2.75, 3.05) is 51.9 Å². The van der Waals surface area contributed by atoms with E-state index in [-0.39, 0.29) is 5.82 Å². The number of fused-ring (bicyclic) bond motifs is 2. The van der Waals surface area contributed by atoms with Crippen LogP contribution in [-0.2, 0) is 4.74 Å². The quantitative estimate of drug-likeness (QED) is 0.512. The van der Waals surface area contributed by atoms with Crippen molar-refractivity contribution in [3.8, 4) is 11.5 Å². The average molecular weight is 453 g/mol. The molecule has 0 spiro atoms. The Labute approximate surface area is 192 Å². The minimum Gasteiger partial charge on any atom is -0.493 e. The summed E-state index contributed by atoms with van der Waals surface area (Å²) in [5.74, 6) is 3.07. The van der Waals surface area contributed by atoms with E-state index in [0.29, 0.717) is 29.8 Å². The number of anilines is 2. The molecule has 2 atom stereocenters. The van der Waals surface area contributed by atoms with Gasteiger partial charge in [-0.1, -0.05) is 0 Å².